The second-order valence-corrected chi connectivity index (χ2v) is 7.79. The molecule has 0 unspecified atom stereocenters. The zero-order chi connectivity index (χ0) is 21.0. The van der Waals surface area contributed by atoms with E-state index in [9.17, 15) is 9.59 Å². The fourth-order valence-electron chi connectivity index (χ4n) is 4.34. The number of para-hydroxylation sites is 1. The number of piperazine rings is 1. The topological polar surface area (TPSA) is 72.0 Å². The number of amides is 1. The Morgan fingerprint density at radius 3 is 2.30 bits per heavy atom. The molecule has 2 saturated heterocycles. The molecule has 0 radical (unpaired) electrons. The normalized spacial score (nSPS) is 19.3. The van der Waals surface area contributed by atoms with E-state index < -0.39 is 0 Å². The van der Waals surface area contributed by atoms with Crippen molar-refractivity contribution in [1.82, 2.24) is 14.8 Å². The van der Waals surface area contributed by atoms with E-state index in [4.69, 9.17) is 9.47 Å². The van der Waals surface area contributed by atoms with Gasteiger partial charge in [0.2, 0.25) is 0 Å². The van der Waals surface area contributed by atoms with E-state index in [2.05, 4.69) is 9.88 Å². The molecule has 3 heterocycles. The number of carbonyl (C=O) groups excluding carboxylic acids is 2. The number of hydrogen-bond donors (Lipinski definition) is 0. The molecule has 4 rings (SSSR count). The van der Waals surface area contributed by atoms with Gasteiger partial charge in [-0.25, -0.2) is 4.79 Å². The number of pyridine rings is 1. The van der Waals surface area contributed by atoms with Crippen molar-refractivity contribution in [3.63, 3.8) is 0 Å². The molecule has 1 aromatic carbocycles. The smallest absolute Gasteiger partial charge is 0.410 e. The molecule has 0 aliphatic carbocycles. The molecule has 2 aliphatic heterocycles. The van der Waals surface area contributed by atoms with Gasteiger partial charge in [-0.3, -0.25) is 14.7 Å². The summed E-state index contributed by atoms with van der Waals surface area (Å²) in [5.41, 5.74) is 1.40. The number of Topliss-reactive ketones (excluding diaryl/α,β-unsaturated/α-hetero) is 1. The van der Waals surface area contributed by atoms with Crippen molar-refractivity contribution < 1.29 is 19.1 Å². The Morgan fingerprint density at radius 2 is 1.70 bits per heavy atom. The first-order valence-corrected chi connectivity index (χ1v) is 10.4. The third kappa shape index (κ3) is 4.22. The molecule has 1 aromatic heterocycles. The molecule has 158 valence electrons. The van der Waals surface area contributed by atoms with Gasteiger partial charge in [-0.15, -0.1) is 0 Å². The van der Waals surface area contributed by atoms with Gasteiger partial charge in [0.1, 0.15) is 11.4 Å². The summed E-state index contributed by atoms with van der Waals surface area (Å²) in [6.07, 6.45) is 3.25. The third-order valence-electron chi connectivity index (χ3n) is 6.07. The molecule has 7 heteroatoms. The minimum atomic E-state index is -0.311. The maximum Gasteiger partial charge on any atom is 0.415 e. The molecule has 0 N–H and O–H groups in total. The maximum absolute atomic E-state index is 12.5. The van der Waals surface area contributed by atoms with Crippen molar-refractivity contribution in [2.24, 2.45) is 0 Å². The van der Waals surface area contributed by atoms with Gasteiger partial charge in [0, 0.05) is 52.5 Å². The predicted octanol–water partition coefficient (Wildman–Crippen LogP) is 3.11. The lowest BCUT2D eigenvalue weighted by molar-refractivity contribution is -0.0485. The van der Waals surface area contributed by atoms with E-state index in [1.807, 2.05) is 36.5 Å². The number of carbonyl (C=O) groups is 2. The van der Waals surface area contributed by atoms with Gasteiger partial charge in [-0.05, 0) is 36.6 Å². The molecule has 1 amide bonds. The van der Waals surface area contributed by atoms with Crippen LogP contribution in [0.2, 0.25) is 0 Å². The van der Waals surface area contributed by atoms with E-state index in [0.29, 0.717) is 37.7 Å². The SMILES string of the molecule is CC(=O)c1ccc(C2(N3CCN(C(=O)Oc4ccccc4)CC3)CCOCC2)cn1. The van der Waals surface area contributed by atoms with Crippen LogP contribution >= 0.6 is 0 Å². The number of ketones is 1. The van der Waals surface area contributed by atoms with Crippen molar-refractivity contribution in [3.05, 3.63) is 59.9 Å². The summed E-state index contributed by atoms with van der Waals surface area (Å²) in [5.74, 6) is 0.524. The van der Waals surface area contributed by atoms with E-state index in [1.165, 1.54) is 6.92 Å². The van der Waals surface area contributed by atoms with Crippen LogP contribution in [0.4, 0.5) is 4.79 Å². The zero-order valence-corrected chi connectivity index (χ0v) is 17.3. The number of benzene rings is 1. The molecule has 0 bridgehead atoms. The number of ether oxygens (including phenoxy) is 2. The minimum Gasteiger partial charge on any atom is -0.410 e. The lowest BCUT2D eigenvalue weighted by Gasteiger charge is -2.49. The van der Waals surface area contributed by atoms with Crippen LogP contribution in [0.25, 0.3) is 0 Å². The first kappa shape index (κ1) is 20.5. The third-order valence-corrected chi connectivity index (χ3v) is 6.07. The molecule has 30 heavy (non-hydrogen) atoms. The predicted molar refractivity (Wildman–Crippen MR) is 112 cm³/mol. The summed E-state index contributed by atoms with van der Waals surface area (Å²) < 4.78 is 11.1. The average Bonchev–Trinajstić information content (AvgIpc) is 2.80. The second kappa shape index (κ2) is 8.93. The van der Waals surface area contributed by atoms with Gasteiger partial charge in [0.05, 0.1) is 5.54 Å². The summed E-state index contributed by atoms with van der Waals surface area (Å²) in [5, 5.41) is 0. The molecular weight excluding hydrogens is 382 g/mol. The van der Waals surface area contributed by atoms with Crippen LogP contribution in [0, 0.1) is 0 Å². The Labute approximate surface area is 176 Å². The van der Waals surface area contributed by atoms with Crippen LogP contribution in [0.5, 0.6) is 5.75 Å². The molecule has 7 nitrogen and oxygen atoms in total. The number of rotatable bonds is 4. The van der Waals surface area contributed by atoms with Crippen LogP contribution < -0.4 is 4.74 Å². The zero-order valence-electron chi connectivity index (χ0n) is 17.3. The highest BCUT2D eigenvalue weighted by molar-refractivity contribution is 5.92. The monoisotopic (exact) mass is 409 g/mol. The fourth-order valence-corrected chi connectivity index (χ4v) is 4.34. The number of hydrogen-bond acceptors (Lipinski definition) is 6. The van der Waals surface area contributed by atoms with Gasteiger partial charge < -0.3 is 14.4 Å². The summed E-state index contributed by atoms with van der Waals surface area (Å²) in [4.78, 5) is 32.7. The van der Waals surface area contributed by atoms with E-state index in [1.54, 1.807) is 17.0 Å². The minimum absolute atomic E-state index is 0.0341. The van der Waals surface area contributed by atoms with E-state index >= 15 is 0 Å². The first-order chi connectivity index (χ1) is 14.6. The van der Waals surface area contributed by atoms with Crippen molar-refractivity contribution >= 4 is 11.9 Å². The number of nitrogens with zero attached hydrogens (tertiary/aromatic N) is 3. The Hall–Kier alpha value is -2.77. The van der Waals surface area contributed by atoms with Gasteiger partial charge in [-0.2, -0.15) is 0 Å². The Balaban J connectivity index is 1.46. The Kier molecular flexibility index (Phi) is 6.11. The molecular formula is C23H27N3O4. The van der Waals surface area contributed by atoms with Gasteiger partial charge >= 0.3 is 6.09 Å². The van der Waals surface area contributed by atoms with Gasteiger partial charge in [0.25, 0.3) is 0 Å². The second-order valence-electron chi connectivity index (χ2n) is 7.79. The molecule has 2 aromatic rings. The standard InChI is InChI=1S/C23H27N3O4/c1-18(27)21-8-7-19(17-24-21)23(9-15-29-16-10-23)26-13-11-25(12-14-26)22(28)30-20-5-3-2-4-6-20/h2-8,17H,9-16H2,1H3. The Bertz CT molecular complexity index is 871. The highest BCUT2D eigenvalue weighted by Gasteiger charge is 2.42. The summed E-state index contributed by atoms with van der Waals surface area (Å²) >= 11 is 0. The Morgan fingerprint density at radius 1 is 1.00 bits per heavy atom. The molecule has 0 atom stereocenters. The highest BCUT2D eigenvalue weighted by Crippen LogP contribution is 2.38. The average molecular weight is 409 g/mol. The highest BCUT2D eigenvalue weighted by atomic mass is 16.6. The van der Waals surface area contributed by atoms with E-state index in [0.717, 1.165) is 31.5 Å². The number of aromatic nitrogens is 1. The van der Waals surface area contributed by atoms with Gasteiger partial charge in [-0.1, -0.05) is 24.3 Å². The lowest BCUT2D eigenvalue weighted by atomic mass is 9.81. The summed E-state index contributed by atoms with van der Waals surface area (Å²) in [6.45, 7) is 5.60. The van der Waals surface area contributed by atoms with Crippen molar-refractivity contribution in [1.29, 1.82) is 0 Å². The van der Waals surface area contributed by atoms with Crippen molar-refractivity contribution in [2.45, 2.75) is 25.3 Å². The lowest BCUT2D eigenvalue weighted by Crippen LogP contribution is -2.58. The molecule has 0 spiro atoms. The maximum atomic E-state index is 12.5. The van der Waals surface area contributed by atoms with Gasteiger partial charge in [0.15, 0.2) is 5.78 Å². The molecule has 2 aliphatic rings. The van der Waals surface area contributed by atoms with Crippen molar-refractivity contribution in [3.8, 4) is 5.75 Å². The van der Waals surface area contributed by atoms with Crippen molar-refractivity contribution in [2.75, 3.05) is 39.4 Å². The summed E-state index contributed by atoms with van der Waals surface area (Å²) in [6, 6.07) is 13.0. The van der Waals surface area contributed by atoms with Crippen LogP contribution in [0.15, 0.2) is 48.7 Å². The largest absolute Gasteiger partial charge is 0.415 e. The van der Waals surface area contributed by atoms with Crippen LogP contribution in [-0.2, 0) is 10.3 Å². The molecule has 0 saturated carbocycles. The van der Waals surface area contributed by atoms with Crippen LogP contribution in [0.3, 0.4) is 0 Å². The van der Waals surface area contributed by atoms with Crippen LogP contribution in [0.1, 0.15) is 35.8 Å². The molecule has 2 fully saturated rings. The first-order valence-electron chi connectivity index (χ1n) is 10.4. The fraction of sp³-hybridized carbons (Fsp3) is 0.435. The van der Waals surface area contributed by atoms with E-state index in [-0.39, 0.29) is 17.4 Å². The quantitative estimate of drug-likeness (QED) is 0.723. The summed E-state index contributed by atoms with van der Waals surface area (Å²) in [7, 11) is 0. The van der Waals surface area contributed by atoms with Crippen LogP contribution in [-0.4, -0.2) is 66.1 Å².